The van der Waals surface area contributed by atoms with E-state index in [0.717, 1.165) is 11.1 Å². The molecule has 0 unspecified atom stereocenters. The Kier molecular flexibility index (Phi) is 4.09. The molecule has 104 valence electrons. The predicted molar refractivity (Wildman–Crippen MR) is 71.9 cm³/mol. The number of non-ortho nitro benzene ring substituents is 1. The molecule has 0 amide bonds. The lowest BCUT2D eigenvalue weighted by molar-refractivity contribution is -0.384. The molecule has 0 aliphatic carbocycles. The van der Waals surface area contributed by atoms with Gasteiger partial charge in [-0.1, -0.05) is 12.1 Å². The van der Waals surface area contributed by atoms with Crippen LogP contribution >= 0.6 is 0 Å². The first-order valence-corrected chi connectivity index (χ1v) is 5.99. The fourth-order valence-electron chi connectivity index (χ4n) is 1.64. The van der Waals surface area contributed by atoms with Crippen LogP contribution in [0.2, 0.25) is 0 Å². The highest BCUT2D eigenvalue weighted by Gasteiger charge is 2.05. The molecule has 7 heteroatoms. The third-order valence-corrected chi connectivity index (χ3v) is 2.73. The summed E-state index contributed by atoms with van der Waals surface area (Å²) in [6.45, 7) is 2.12. The van der Waals surface area contributed by atoms with Crippen LogP contribution in [0.25, 0.3) is 0 Å². The van der Waals surface area contributed by atoms with E-state index in [1.165, 1.54) is 18.3 Å². The topological polar surface area (TPSA) is 98.1 Å². The summed E-state index contributed by atoms with van der Waals surface area (Å²) in [7, 11) is 0. The zero-order valence-corrected chi connectivity index (χ0v) is 10.8. The lowest BCUT2D eigenvalue weighted by Gasteiger charge is -2.06. The summed E-state index contributed by atoms with van der Waals surface area (Å²) in [4.78, 5) is 27.3. The number of aromatic amines is 1. The minimum Gasteiger partial charge on any atom is -0.477 e. The maximum absolute atomic E-state index is 11.1. The molecule has 0 aliphatic rings. The first kappa shape index (κ1) is 13.7. The second-order valence-corrected chi connectivity index (χ2v) is 4.22. The molecule has 0 saturated heterocycles. The van der Waals surface area contributed by atoms with Gasteiger partial charge in [-0.2, -0.15) is 4.98 Å². The van der Waals surface area contributed by atoms with Crippen molar-refractivity contribution in [3.8, 4) is 5.88 Å². The van der Waals surface area contributed by atoms with Gasteiger partial charge in [0.05, 0.1) is 11.5 Å². The number of ether oxygens (including phenoxy) is 1. The average molecular weight is 275 g/mol. The monoisotopic (exact) mass is 275 g/mol. The minimum absolute atomic E-state index is 0.0572. The molecule has 2 aromatic rings. The summed E-state index contributed by atoms with van der Waals surface area (Å²) < 4.78 is 5.43. The Morgan fingerprint density at radius 1 is 1.35 bits per heavy atom. The third-order valence-electron chi connectivity index (χ3n) is 2.73. The predicted octanol–water partition coefficient (Wildman–Crippen LogP) is 1.61. The molecule has 0 spiro atoms. The number of hydrogen-bond acceptors (Lipinski definition) is 5. The normalized spacial score (nSPS) is 10.2. The second kappa shape index (κ2) is 5.96. The standard InChI is InChI=1S/C13H13N3O4/c1-9-8-14-13(17)15-12(9)20-7-6-10-2-4-11(5-3-10)16(18)19/h2-5,8H,6-7H2,1H3,(H,14,15,17). The molecule has 0 fully saturated rings. The van der Waals surface area contributed by atoms with Crippen molar-refractivity contribution in [2.24, 2.45) is 0 Å². The van der Waals surface area contributed by atoms with Crippen LogP contribution in [-0.4, -0.2) is 21.5 Å². The number of nitro benzene ring substituents is 1. The maximum atomic E-state index is 11.1. The van der Waals surface area contributed by atoms with Crippen LogP contribution in [0, 0.1) is 17.0 Å². The van der Waals surface area contributed by atoms with E-state index >= 15 is 0 Å². The highest BCUT2D eigenvalue weighted by molar-refractivity contribution is 5.33. The number of nitrogens with zero attached hydrogens (tertiary/aromatic N) is 2. The Morgan fingerprint density at radius 2 is 2.05 bits per heavy atom. The quantitative estimate of drug-likeness (QED) is 0.660. The number of nitro groups is 1. The van der Waals surface area contributed by atoms with Crippen molar-refractivity contribution in [2.45, 2.75) is 13.3 Å². The zero-order chi connectivity index (χ0) is 14.5. The summed E-state index contributed by atoms with van der Waals surface area (Å²) in [6, 6.07) is 6.26. The molecule has 0 radical (unpaired) electrons. The van der Waals surface area contributed by atoms with Crippen molar-refractivity contribution in [1.29, 1.82) is 0 Å². The maximum Gasteiger partial charge on any atom is 0.348 e. The largest absolute Gasteiger partial charge is 0.477 e. The van der Waals surface area contributed by atoms with E-state index in [-0.39, 0.29) is 5.69 Å². The van der Waals surface area contributed by atoms with Gasteiger partial charge in [0, 0.05) is 30.3 Å². The van der Waals surface area contributed by atoms with Crippen molar-refractivity contribution >= 4 is 5.69 Å². The number of aryl methyl sites for hydroxylation is 1. The first-order valence-electron chi connectivity index (χ1n) is 5.99. The number of hydrogen-bond donors (Lipinski definition) is 1. The molecule has 1 N–H and O–H groups in total. The molecule has 1 heterocycles. The molecule has 1 aromatic carbocycles. The van der Waals surface area contributed by atoms with Crippen LogP contribution in [0.5, 0.6) is 5.88 Å². The highest BCUT2D eigenvalue weighted by Crippen LogP contribution is 2.13. The van der Waals surface area contributed by atoms with E-state index < -0.39 is 10.6 Å². The number of aromatic nitrogens is 2. The molecule has 0 saturated carbocycles. The van der Waals surface area contributed by atoms with E-state index in [9.17, 15) is 14.9 Å². The first-order chi connectivity index (χ1) is 9.56. The van der Waals surface area contributed by atoms with Crippen molar-refractivity contribution in [3.05, 3.63) is 62.2 Å². The average Bonchev–Trinajstić information content (AvgIpc) is 2.43. The summed E-state index contributed by atoms with van der Waals surface area (Å²) in [6.07, 6.45) is 2.11. The summed E-state index contributed by atoms with van der Waals surface area (Å²) >= 11 is 0. The minimum atomic E-state index is -0.457. The smallest absolute Gasteiger partial charge is 0.348 e. The molecule has 0 aliphatic heterocycles. The third kappa shape index (κ3) is 3.41. The van der Waals surface area contributed by atoms with Crippen LogP contribution in [0.3, 0.4) is 0 Å². The number of nitrogens with one attached hydrogen (secondary N) is 1. The number of rotatable bonds is 5. The van der Waals surface area contributed by atoms with Crippen molar-refractivity contribution in [1.82, 2.24) is 9.97 Å². The van der Waals surface area contributed by atoms with Gasteiger partial charge in [-0.3, -0.25) is 10.1 Å². The van der Waals surface area contributed by atoms with Gasteiger partial charge in [0.1, 0.15) is 0 Å². The van der Waals surface area contributed by atoms with Gasteiger partial charge in [0.2, 0.25) is 5.88 Å². The van der Waals surface area contributed by atoms with Gasteiger partial charge < -0.3 is 9.72 Å². The highest BCUT2D eigenvalue weighted by atomic mass is 16.6. The van der Waals surface area contributed by atoms with Gasteiger partial charge >= 0.3 is 5.69 Å². The Morgan fingerprint density at radius 3 is 2.70 bits per heavy atom. The Hall–Kier alpha value is -2.70. The Labute approximate surface area is 114 Å². The number of benzene rings is 1. The van der Waals surface area contributed by atoms with Crippen LogP contribution in [-0.2, 0) is 6.42 Å². The summed E-state index contributed by atoms with van der Waals surface area (Å²) in [5.74, 6) is 0.302. The van der Waals surface area contributed by atoms with Crippen LogP contribution in [0.15, 0.2) is 35.3 Å². The molecular weight excluding hydrogens is 262 g/mol. The van der Waals surface area contributed by atoms with Crippen LogP contribution < -0.4 is 10.4 Å². The van der Waals surface area contributed by atoms with E-state index in [2.05, 4.69) is 9.97 Å². The molecule has 0 bridgehead atoms. The SMILES string of the molecule is Cc1c[nH]c(=O)nc1OCCc1ccc([N+](=O)[O-])cc1. The Bertz CT molecular complexity index is 664. The van der Waals surface area contributed by atoms with Crippen molar-refractivity contribution in [3.63, 3.8) is 0 Å². The van der Waals surface area contributed by atoms with Gasteiger partial charge in [0.25, 0.3) is 5.69 Å². The lowest BCUT2D eigenvalue weighted by Crippen LogP contribution is -2.13. The Balaban J connectivity index is 1.94. The lowest BCUT2D eigenvalue weighted by atomic mass is 10.1. The van der Waals surface area contributed by atoms with Gasteiger partial charge in [-0.05, 0) is 12.5 Å². The van der Waals surface area contributed by atoms with Crippen molar-refractivity contribution < 1.29 is 9.66 Å². The summed E-state index contributed by atoms with van der Waals surface area (Å²) in [5, 5.41) is 10.5. The van der Waals surface area contributed by atoms with Crippen LogP contribution in [0.1, 0.15) is 11.1 Å². The molecule has 2 rings (SSSR count). The van der Waals surface area contributed by atoms with E-state index in [4.69, 9.17) is 4.74 Å². The van der Waals surface area contributed by atoms with E-state index in [1.54, 1.807) is 19.1 Å². The molecule has 20 heavy (non-hydrogen) atoms. The van der Waals surface area contributed by atoms with E-state index in [1.807, 2.05) is 0 Å². The fraction of sp³-hybridized carbons (Fsp3) is 0.231. The van der Waals surface area contributed by atoms with Gasteiger partial charge in [-0.15, -0.1) is 0 Å². The molecule has 1 aromatic heterocycles. The second-order valence-electron chi connectivity index (χ2n) is 4.22. The summed E-state index contributed by atoms with van der Waals surface area (Å²) in [5.41, 5.74) is 1.26. The molecule has 7 nitrogen and oxygen atoms in total. The van der Waals surface area contributed by atoms with Crippen LogP contribution in [0.4, 0.5) is 5.69 Å². The number of H-pyrrole nitrogens is 1. The van der Waals surface area contributed by atoms with E-state index in [0.29, 0.717) is 18.9 Å². The van der Waals surface area contributed by atoms with Gasteiger partial charge in [-0.25, -0.2) is 4.79 Å². The zero-order valence-electron chi connectivity index (χ0n) is 10.8. The van der Waals surface area contributed by atoms with Crippen molar-refractivity contribution in [2.75, 3.05) is 6.61 Å². The fourth-order valence-corrected chi connectivity index (χ4v) is 1.64. The van der Waals surface area contributed by atoms with Gasteiger partial charge in [0.15, 0.2) is 0 Å². The molecule has 0 atom stereocenters. The molecular formula is C13H13N3O4.